The fourth-order valence-corrected chi connectivity index (χ4v) is 5.55. The van der Waals surface area contributed by atoms with E-state index in [0.29, 0.717) is 0 Å². The molecule has 0 spiro atoms. The van der Waals surface area contributed by atoms with Crippen molar-refractivity contribution in [2.75, 3.05) is 13.2 Å². The van der Waals surface area contributed by atoms with Crippen LogP contribution in [0.3, 0.4) is 0 Å². The SMILES string of the molecule is CC(=O)OC[C@H]1[C@H](c2ccccc2)[C@@H](C(=O)NCc2ccccc2)N(C(=O)OCc2ccccc2)[C@@]1(C)COC(C)=O. The van der Waals surface area contributed by atoms with Gasteiger partial charge in [0.1, 0.15) is 19.3 Å². The van der Waals surface area contributed by atoms with Crippen molar-refractivity contribution in [3.63, 3.8) is 0 Å². The van der Waals surface area contributed by atoms with Gasteiger partial charge in [-0.05, 0) is 23.6 Å². The van der Waals surface area contributed by atoms with E-state index in [2.05, 4.69) is 5.32 Å². The lowest BCUT2D eigenvalue weighted by Gasteiger charge is -2.39. The highest BCUT2D eigenvalue weighted by Gasteiger charge is 2.62. The Morgan fingerprint density at radius 1 is 0.762 bits per heavy atom. The van der Waals surface area contributed by atoms with Gasteiger partial charge in [-0.15, -0.1) is 0 Å². The molecular formula is C33H36N2O7. The smallest absolute Gasteiger partial charge is 0.411 e. The van der Waals surface area contributed by atoms with Crippen LogP contribution in [0.25, 0.3) is 0 Å². The molecule has 4 rings (SSSR count). The molecule has 1 aliphatic heterocycles. The molecule has 0 aliphatic carbocycles. The maximum absolute atomic E-state index is 14.1. The number of rotatable bonds is 10. The molecule has 1 fully saturated rings. The first-order chi connectivity index (χ1) is 20.2. The summed E-state index contributed by atoms with van der Waals surface area (Å²) in [4.78, 5) is 53.5. The fraction of sp³-hybridized carbons (Fsp3) is 0.333. The zero-order valence-corrected chi connectivity index (χ0v) is 24.0. The molecule has 0 aromatic heterocycles. The summed E-state index contributed by atoms with van der Waals surface area (Å²) in [5, 5.41) is 2.98. The molecule has 1 saturated heterocycles. The Bertz CT molecular complexity index is 1370. The molecule has 1 N–H and O–H groups in total. The van der Waals surface area contributed by atoms with Gasteiger partial charge in [0.2, 0.25) is 5.91 Å². The van der Waals surface area contributed by atoms with Gasteiger partial charge >= 0.3 is 18.0 Å². The summed E-state index contributed by atoms with van der Waals surface area (Å²) in [6.45, 7) is 4.16. The number of nitrogens with zero attached hydrogens (tertiary/aromatic N) is 1. The van der Waals surface area contributed by atoms with E-state index in [-0.39, 0.29) is 26.4 Å². The summed E-state index contributed by atoms with van der Waals surface area (Å²) < 4.78 is 16.8. The van der Waals surface area contributed by atoms with E-state index in [1.54, 1.807) is 6.92 Å². The largest absolute Gasteiger partial charge is 0.465 e. The number of nitrogens with one attached hydrogen (secondary N) is 1. The van der Waals surface area contributed by atoms with Crippen LogP contribution in [0.4, 0.5) is 4.79 Å². The topological polar surface area (TPSA) is 111 Å². The van der Waals surface area contributed by atoms with Crippen LogP contribution in [-0.2, 0) is 41.7 Å². The van der Waals surface area contributed by atoms with Gasteiger partial charge in [0.05, 0.1) is 12.1 Å². The number of ether oxygens (including phenoxy) is 3. The van der Waals surface area contributed by atoms with Gasteiger partial charge in [-0.2, -0.15) is 0 Å². The highest BCUT2D eigenvalue weighted by molar-refractivity contribution is 5.88. The van der Waals surface area contributed by atoms with Crippen molar-refractivity contribution < 1.29 is 33.4 Å². The van der Waals surface area contributed by atoms with E-state index in [4.69, 9.17) is 14.2 Å². The summed E-state index contributed by atoms with van der Waals surface area (Å²) in [6.07, 6.45) is -0.750. The van der Waals surface area contributed by atoms with Gasteiger partial charge in [0, 0.05) is 32.2 Å². The molecule has 220 valence electrons. The molecule has 9 nitrogen and oxygen atoms in total. The molecule has 42 heavy (non-hydrogen) atoms. The number of hydrogen-bond acceptors (Lipinski definition) is 7. The first-order valence-corrected chi connectivity index (χ1v) is 13.8. The van der Waals surface area contributed by atoms with Crippen LogP contribution >= 0.6 is 0 Å². The van der Waals surface area contributed by atoms with E-state index in [0.717, 1.165) is 16.7 Å². The van der Waals surface area contributed by atoms with Crippen molar-refractivity contribution in [3.8, 4) is 0 Å². The molecule has 0 unspecified atom stereocenters. The maximum atomic E-state index is 14.1. The molecule has 1 aliphatic rings. The summed E-state index contributed by atoms with van der Waals surface area (Å²) in [7, 11) is 0. The van der Waals surface area contributed by atoms with Crippen molar-refractivity contribution in [1.29, 1.82) is 0 Å². The third-order valence-corrected chi connectivity index (χ3v) is 7.60. The lowest BCUT2D eigenvalue weighted by molar-refractivity contribution is -0.149. The predicted octanol–water partition coefficient (Wildman–Crippen LogP) is 4.61. The fourth-order valence-electron chi connectivity index (χ4n) is 5.55. The van der Waals surface area contributed by atoms with Crippen molar-refractivity contribution in [2.24, 2.45) is 5.92 Å². The van der Waals surface area contributed by atoms with Gasteiger partial charge in [-0.1, -0.05) is 91.0 Å². The number of amides is 2. The molecule has 0 bridgehead atoms. The molecule has 0 saturated carbocycles. The van der Waals surface area contributed by atoms with Crippen LogP contribution in [0.2, 0.25) is 0 Å². The molecule has 1 heterocycles. The Balaban J connectivity index is 1.79. The standard InChI is InChI=1S/C33H36N2O7/c1-23(36)40-21-28-29(27-17-11-6-12-18-27)30(31(38)34-19-25-13-7-4-8-14-25)35(33(28,3)22-42-24(2)37)32(39)41-20-26-15-9-5-10-16-26/h4-18,28-30H,19-22H2,1-3H3,(H,34,38)/t28-,29-,30-,33-/m0/s1. The van der Waals surface area contributed by atoms with Crippen LogP contribution in [0.5, 0.6) is 0 Å². The molecule has 9 heteroatoms. The summed E-state index contributed by atoms with van der Waals surface area (Å²) >= 11 is 0. The van der Waals surface area contributed by atoms with Crippen molar-refractivity contribution >= 4 is 23.9 Å². The minimum Gasteiger partial charge on any atom is -0.465 e. The molecule has 4 atom stereocenters. The van der Waals surface area contributed by atoms with E-state index in [9.17, 15) is 19.2 Å². The number of carbonyl (C=O) groups is 4. The Labute approximate surface area is 245 Å². The lowest BCUT2D eigenvalue weighted by atomic mass is 9.76. The molecule has 3 aromatic rings. The second-order valence-corrected chi connectivity index (χ2v) is 10.5. The van der Waals surface area contributed by atoms with E-state index in [1.165, 1.54) is 18.7 Å². The minimum absolute atomic E-state index is 0.0250. The highest BCUT2D eigenvalue weighted by atomic mass is 16.6. The molecule has 0 radical (unpaired) electrons. The normalized spacial score (nSPS) is 21.3. The number of hydrogen-bond donors (Lipinski definition) is 1. The first kappa shape index (κ1) is 30.3. The number of esters is 2. The van der Waals surface area contributed by atoms with Gasteiger partial charge < -0.3 is 19.5 Å². The average molecular weight is 573 g/mol. The quantitative estimate of drug-likeness (QED) is 0.279. The number of carbonyl (C=O) groups excluding carboxylic acids is 4. The lowest BCUT2D eigenvalue weighted by Crippen LogP contribution is -2.58. The Morgan fingerprint density at radius 2 is 1.31 bits per heavy atom. The maximum Gasteiger partial charge on any atom is 0.411 e. The average Bonchev–Trinajstić information content (AvgIpc) is 3.26. The zero-order valence-electron chi connectivity index (χ0n) is 24.0. The summed E-state index contributed by atoms with van der Waals surface area (Å²) in [5.74, 6) is -2.71. The second-order valence-electron chi connectivity index (χ2n) is 10.5. The number of benzene rings is 3. The van der Waals surface area contributed by atoms with E-state index < -0.39 is 47.4 Å². The van der Waals surface area contributed by atoms with Crippen LogP contribution in [0, 0.1) is 5.92 Å². The molecule has 3 aromatic carbocycles. The summed E-state index contributed by atoms with van der Waals surface area (Å²) in [5.41, 5.74) is 1.15. The van der Waals surface area contributed by atoms with Crippen molar-refractivity contribution in [1.82, 2.24) is 10.2 Å². The monoisotopic (exact) mass is 572 g/mol. The van der Waals surface area contributed by atoms with Crippen LogP contribution in [0.15, 0.2) is 91.0 Å². The Morgan fingerprint density at radius 3 is 1.88 bits per heavy atom. The van der Waals surface area contributed by atoms with Crippen LogP contribution in [0.1, 0.15) is 43.4 Å². The van der Waals surface area contributed by atoms with Crippen LogP contribution in [-0.4, -0.2) is 53.6 Å². The van der Waals surface area contributed by atoms with Gasteiger partial charge in [0.25, 0.3) is 0 Å². The van der Waals surface area contributed by atoms with Gasteiger partial charge in [0.15, 0.2) is 0 Å². The zero-order chi connectivity index (χ0) is 30.1. The number of likely N-dealkylation sites (tertiary alicyclic amines) is 1. The Hall–Kier alpha value is -4.66. The minimum atomic E-state index is -1.27. The predicted molar refractivity (Wildman–Crippen MR) is 155 cm³/mol. The highest BCUT2D eigenvalue weighted by Crippen LogP contribution is 2.49. The summed E-state index contributed by atoms with van der Waals surface area (Å²) in [6, 6.07) is 26.8. The van der Waals surface area contributed by atoms with Crippen molar-refractivity contribution in [3.05, 3.63) is 108 Å². The third kappa shape index (κ3) is 7.15. The third-order valence-electron chi connectivity index (χ3n) is 7.60. The van der Waals surface area contributed by atoms with Crippen LogP contribution < -0.4 is 5.32 Å². The Kier molecular flexibility index (Phi) is 9.96. The van der Waals surface area contributed by atoms with Crippen molar-refractivity contribution in [2.45, 2.75) is 51.4 Å². The van der Waals surface area contributed by atoms with Gasteiger partial charge in [-0.3, -0.25) is 19.3 Å². The molecular weight excluding hydrogens is 536 g/mol. The van der Waals surface area contributed by atoms with Gasteiger partial charge in [-0.25, -0.2) is 4.79 Å². The van der Waals surface area contributed by atoms with E-state index in [1.807, 2.05) is 91.0 Å². The second kappa shape index (κ2) is 13.8. The van der Waals surface area contributed by atoms with E-state index >= 15 is 0 Å². The first-order valence-electron chi connectivity index (χ1n) is 13.8. The molecule has 2 amide bonds.